The van der Waals surface area contributed by atoms with Crippen molar-refractivity contribution < 1.29 is 4.39 Å². The van der Waals surface area contributed by atoms with Crippen molar-refractivity contribution in [3.8, 4) is 11.3 Å². The van der Waals surface area contributed by atoms with Crippen molar-refractivity contribution in [1.29, 1.82) is 0 Å². The van der Waals surface area contributed by atoms with Gasteiger partial charge in [-0.3, -0.25) is 0 Å². The van der Waals surface area contributed by atoms with Crippen LogP contribution in [0.2, 0.25) is 0 Å². The number of nitrogens with two attached hydrogens (primary N) is 1. The van der Waals surface area contributed by atoms with E-state index in [1.54, 1.807) is 0 Å². The zero-order valence-electron chi connectivity index (χ0n) is 12.2. The van der Waals surface area contributed by atoms with Gasteiger partial charge < -0.3 is 5.73 Å². The second-order valence-electron chi connectivity index (χ2n) is 4.76. The quantitative estimate of drug-likeness (QED) is 0.688. The topological polar surface area (TPSA) is 51.3 Å². The monoisotopic (exact) mass is 283 g/mol. The first kappa shape index (κ1) is 14.9. The van der Waals surface area contributed by atoms with Gasteiger partial charge in [0.05, 0.1) is 5.69 Å². The van der Waals surface area contributed by atoms with Crippen LogP contribution >= 0.6 is 0 Å². The Hall–Kier alpha value is -2.49. The second kappa shape index (κ2) is 6.31. The summed E-state index contributed by atoms with van der Waals surface area (Å²) in [5, 5.41) is 0. The molecule has 0 aliphatic heterocycles. The second-order valence-corrected chi connectivity index (χ2v) is 4.76. The molecule has 3 nitrogen and oxygen atoms in total. The Balaban J connectivity index is 2.55. The van der Waals surface area contributed by atoms with Crippen molar-refractivity contribution in [3.63, 3.8) is 0 Å². The average Bonchev–Trinajstić information content (AvgIpc) is 2.47. The molecule has 0 saturated carbocycles. The molecule has 0 radical (unpaired) electrons. The highest BCUT2D eigenvalue weighted by molar-refractivity contribution is 5.97. The van der Waals surface area contributed by atoms with Crippen LogP contribution in [0.25, 0.3) is 11.3 Å². The van der Waals surface area contributed by atoms with Gasteiger partial charge in [-0.05, 0) is 48.7 Å². The summed E-state index contributed by atoms with van der Waals surface area (Å²) in [6.45, 7) is 7.42. The molecule has 0 aliphatic rings. The van der Waals surface area contributed by atoms with Crippen LogP contribution in [-0.2, 0) is 6.42 Å². The minimum Gasteiger partial charge on any atom is -0.382 e. The third-order valence-corrected chi connectivity index (χ3v) is 3.23. The van der Waals surface area contributed by atoms with Crippen molar-refractivity contribution in [2.24, 2.45) is 10.7 Å². The average molecular weight is 283 g/mol. The Morgan fingerprint density at radius 1 is 1.38 bits per heavy atom. The van der Waals surface area contributed by atoms with E-state index in [0.717, 1.165) is 23.1 Å². The van der Waals surface area contributed by atoms with E-state index in [-0.39, 0.29) is 5.82 Å². The molecule has 0 aliphatic carbocycles. The van der Waals surface area contributed by atoms with Crippen LogP contribution in [0.4, 0.5) is 4.39 Å². The maximum Gasteiger partial charge on any atom is 0.149 e. The highest BCUT2D eigenvalue weighted by Crippen LogP contribution is 2.22. The number of rotatable bonds is 4. The molecule has 0 amide bonds. The molecule has 1 aromatic heterocycles. The van der Waals surface area contributed by atoms with E-state index in [4.69, 9.17) is 5.73 Å². The first-order chi connectivity index (χ1) is 10.0. The lowest BCUT2D eigenvalue weighted by atomic mass is 10.0. The Kier molecular flexibility index (Phi) is 4.48. The van der Waals surface area contributed by atoms with Gasteiger partial charge >= 0.3 is 0 Å². The van der Waals surface area contributed by atoms with Crippen molar-refractivity contribution >= 4 is 5.84 Å². The summed E-state index contributed by atoms with van der Waals surface area (Å²) in [6.07, 6.45) is 2.14. The van der Waals surface area contributed by atoms with E-state index in [1.165, 1.54) is 18.3 Å². The molecule has 108 valence electrons. The van der Waals surface area contributed by atoms with Crippen LogP contribution in [0.5, 0.6) is 0 Å². The zero-order valence-corrected chi connectivity index (χ0v) is 12.2. The number of aryl methyl sites for hydroxylation is 2. The molecule has 2 rings (SSSR count). The fraction of sp³-hybridized carbons (Fsp3) is 0.176. The predicted molar refractivity (Wildman–Crippen MR) is 84.7 cm³/mol. The van der Waals surface area contributed by atoms with E-state index < -0.39 is 0 Å². The third-order valence-electron chi connectivity index (χ3n) is 3.23. The normalized spacial score (nSPS) is 11.5. The molecular weight excluding hydrogens is 265 g/mol. The molecule has 0 atom stereocenters. The number of benzene rings is 1. The van der Waals surface area contributed by atoms with Gasteiger partial charge in [-0.1, -0.05) is 19.6 Å². The molecule has 4 heteroatoms. The summed E-state index contributed by atoms with van der Waals surface area (Å²) in [4.78, 5) is 8.47. The van der Waals surface area contributed by atoms with E-state index >= 15 is 0 Å². The fourth-order valence-electron chi connectivity index (χ4n) is 2.11. The lowest BCUT2D eigenvalue weighted by molar-refractivity contribution is 0.626. The maximum absolute atomic E-state index is 13.7. The first-order valence-electron chi connectivity index (χ1n) is 6.77. The van der Waals surface area contributed by atoms with Gasteiger partial charge in [0.2, 0.25) is 0 Å². The summed E-state index contributed by atoms with van der Waals surface area (Å²) in [5.41, 5.74) is 9.73. The highest BCUT2D eigenvalue weighted by atomic mass is 19.1. The van der Waals surface area contributed by atoms with Gasteiger partial charge in [-0.15, -0.1) is 0 Å². The van der Waals surface area contributed by atoms with Gasteiger partial charge in [0, 0.05) is 11.8 Å². The third kappa shape index (κ3) is 3.34. The molecule has 21 heavy (non-hydrogen) atoms. The summed E-state index contributed by atoms with van der Waals surface area (Å²) in [5.74, 6) is 0.0393. The molecular formula is C17H18FN3. The van der Waals surface area contributed by atoms with Crippen LogP contribution in [-0.4, -0.2) is 10.8 Å². The van der Waals surface area contributed by atoms with E-state index in [0.29, 0.717) is 17.2 Å². The number of hydrogen-bond acceptors (Lipinski definition) is 2. The Morgan fingerprint density at radius 2 is 2.14 bits per heavy atom. The first-order valence-corrected chi connectivity index (χ1v) is 6.77. The smallest absolute Gasteiger partial charge is 0.149 e. The number of aromatic nitrogens is 1. The summed E-state index contributed by atoms with van der Waals surface area (Å²) < 4.78 is 13.7. The SMILES string of the molecule is C=CN=C(N)c1nc(-c2cc(F)cc(CC)c2)ccc1C. The predicted octanol–water partition coefficient (Wildman–Crippen LogP) is 3.61. The van der Waals surface area contributed by atoms with Crippen LogP contribution in [0.1, 0.15) is 23.7 Å². The van der Waals surface area contributed by atoms with Crippen molar-refractivity contribution in [2.75, 3.05) is 0 Å². The van der Waals surface area contributed by atoms with Crippen LogP contribution in [0.15, 0.2) is 48.1 Å². The Labute approximate surface area is 124 Å². The number of nitrogens with zero attached hydrogens (tertiary/aromatic N) is 2. The van der Waals surface area contributed by atoms with Gasteiger partial charge in [-0.25, -0.2) is 14.4 Å². The molecule has 1 heterocycles. The van der Waals surface area contributed by atoms with Gasteiger partial charge in [-0.2, -0.15) is 0 Å². The molecule has 1 aromatic carbocycles. The molecule has 0 bridgehead atoms. The molecule has 0 saturated heterocycles. The van der Waals surface area contributed by atoms with E-state index in [9.17, 15) is 4.39 Å². The number of halogens is 1. The number of aliphatic imine (C=N–C) groups is 1. The van der Waals surface area contributed by atoms with Gasteiger partial charge in [0.25, 0.3) is 0 Å². The van der Waals surface area contributed by atoms with Crippen molar-refractivity contribution in [2.45, 2.75) is 20.3 Å². The minimum atomic E-state index is -0.263. The number of pyridine rings is 1. The molecule has 0 unspecified atom stereocenters. The summed E-state index contributed by atoms with van der Waals surface area (Å²) in [7, 11) is 0. The molecule has 2 aromatic rings. The van der Waals surface area contributed by atoms with Crippen LogP contribution in [0.3, 0.4) is 0 Å². The van der Waals surface area contributed by atoms with Gasteiger partial charge in [0.15, 0.2) is 0 Å². The zero-order chi connectivity index (χ0) is 15.4. The lowest BCUT2D eigenvalue weighted by Crippen LogP contribution is -2.16. The molecule has 0 spiro atoms. The largest absolute Gasteiger partial charge is 0.382 e. The molecule has 2 N–H and O–H groups in total. The van der Waals surface area contributed by atoms with E-state index in [2.05, 4.69) is 16.6 Å². The Bertz CT molecular complexity index is 705. The number of amidine groups is 1. The number of hydrogen-bond donors (Lipinski definition) is 1. The van der Waals surface area contributed by atoms with Gasteiger partial charge in [0.1, 0.15) is 17.3 Å². The standard InChI is InChI=1S/C17H18FN3/c1-4-12-8-13(10-14(18)9-12)15-7-6-11(3)16(21-15)17(19)20-5-2/h5-10H,2,4H2,1,3H3,(H2,19,20). The fourth-order valence-corrected chi connectivity index (χ4v) is 2.11. The molecule has 0 fully saturated rings. The minimum absolute atomic E-state index is 0.263. The summed E-state index contributed by atoms with van der Waals surface area (Å²) in [6, 6.07) is 8.70. The maximum atomic E-state index is 13.7. The Morgan fingerprint density at radius 3 is 2.81 bits per heavy atom. The van der Waals surface area contributed by atoms with Crippen molar-refractivity contribution in [1.82, 2.24) is 4.98 Å². The van der Waals surface area contributed by atoms with E-state index in [1.807, 2.05) is 32.0 Å². The van der Waals surface area contributed by atoms with Crippen molar-refractivity contribution in [3.05, 3.63) is 65.7 Å². The van der Waals surface area contributed by atoms with Crippen LogP contribution < -0.4 is 5.73 Å². The highest BCUT2D eigenvalue weighted by Gasteiger charge is 2.09. The lowest BCUT2D eigenvalue weighted by Gasteiger charge is -2.09. The summed E-state index contributed by atoms with van der Waals surface area (Å²) >= 11 is 0. The van der Waals surface area contributed by atoms with Crippen LogP contribution in [0, 0.1) is 12.7 Å².